The summed E-state index contributed by atoms with van der Waals surface area (Å²) in [6.45, 7) is 7.98. The van der Waals surface area contributed by atoms with E-state index in [1.165, 1.54) is 71.1 Å². The lowest BCUT2D eigenvalue weighted by molar-refractivity contribution is 0.00327. The first-order valence-electron chi connectivity index (χ1n) is 8.25. The second kappa shape index (κ2) is 4.21. The van der Waals surface area contributed by atoms with Crippen LogP contribution in [-0.2, 0) is 0 Å². The molecule has 102 valence electrons. The monoisotopic (exact) mass is 248 g/mol. The predicted molar refractivity (Wildman–Crippen MR) is 74.6 cm³/mol. The molecular weight excluding hydrogens is 220 g/mol. The first kappa shape index (κ1) is 11.7. The molecule has 2 saturated heterocycles. The van der Waals surface area contributed by atoms with Crippen LogP contribution in [0.25, 0.3) is 0 Å². The Morgan fingerprint density at radius 1 is 1.06 bits per heavy atom. The molecule has 0 aromatic heterocycles. The van der Waals surface area contributed by atoms with Gasteiger partial charge in [-0.2, -0.15) is 0 Å². The van der Waals surface area contributed by atoms with Crippen LogP contribution in [0.2, 0.25) is 0 Å². The van der Waals surface area contributed by atoms with Gasteiger partial charge in [-0.15, -0.1) is 0 Å². The molecule has 2 atom stereocenters. The summed E-state index contributed by atoms with van der Waals surface area (Å²) in [7, 11) is 0. The standard InChI is InChI=1S/C16H28N2/c1-13-10-17-9-3-2-4-15(17)11-18(13)12-16(7-8-16)14-5-6-14/h13-15H,2-12H2,1H3. The van der Waals surface area contributed by atoms with Crippen LogP contribution in [0.3, 0.4) is 0 Å². The van der Waals surface area contributed by atoms with Crippen LogP contribution in [0.5, 0.6) is 0 Å². The van der Waals surface area contributed by atoms with E-state index >= 15 is 0 Å². The molecule has 18 heavy (non-hydrogen) atoms. The second-order valence-corrected chi connectivity index (χ2v) is 7.56. The quantitative estimate of drug-likeness (QED) is 0.758. The second-order valence-electron chi connectivity index (χ2n) is 7.56. The third-order valence-corrected chi connectivity index (χ3v) is 6.17. The van der Waals surface area contributed by atoms with Crippen LogP contribution < -0.4 is 0 Å². The molecule has 0 amide bonds. The van der Waals surface area contributed by atoms with Gasteiger partial charge in [-0.25, -0.2) is 0 Å². The van der Waals surface area contributed by atoms with Gasteiger partial charge in [0, 0.05) is 31.7 Å². The van der Waals surface area contributed by atoms with E-state index in [1.54, 1.807) is 0 Å². The van der Waals surface area contributed by atoms with Crippen LogP contribution in [0.1, 0.15) is 51.9 Å². The fourth-order valence-electron chi connectivity index (χ4n) is 4.59. The van der Waals surface area contributed by atoms with Gasteiger partial charge in [0.1, 0.15) is 0 Å². The Morgan fingerprint density at radius 2 is 1.89 bits per heavy atom. The van der Waals surface area contributed by atoms with Crippen LogP contribution >= 0.6 is 0 Å². The molecule has 4 aliphatic rings. The fourth-order valence-corrected chi connectivity index (χ4v) is 4.59. The van der Waals surface area contributed by atoms with E-state index < -0.39 is 0 Å². The van der Waals surface area contributed by atoms with Crippen molar-refractivity contribution in [1.29, 1.82) is 0 Å². The molecule has 2 aliphatic heterocycles. The Morgan fingerprint density at radius 3 is 2.61 bits per heavy atom. The number of rotatable bonds is 3. The lowest BCUT2D eigenvalue weighted by atomic mass is 9.94. The van der Waals surface area contributed by atoms with Crippen molar-refractivity contribution in [2.24, 2.45) is 11.3 Å². The summed E-state index contributed by atoms with van der Waals surface area (Å²) >= 11 is 0. The molecule has 0 aromatic rings. The van der Waals surface area contributed by atoms with E-state index in [4.69, 9.17) is 0 Å². The minimum Gasteiger partial charge on any atom is -0.298 e. The van der Waals surface area contributed by atoms with E-state index in [0.717, 1.165) is 23.4 Å². The maximum Gasteiger partial charge on any atom is 0.0223 e. The van der Waals surface area contributed by atoms with Crippen LogP contribution in [-0.4, -0.2) is 48.1 Å². The first-order valence-corrected chi connectivity index (χ1v) is 8.25. The topological polar surface area (TPSA) is 6.48 Å². The summed E-state index contributed by atoms with van der Waals surface area (Å²) in [5.41, 5.74) is 0.797. The molecule has 4 fully saturated rings. The number of nitrogens with zero attached hydrogens (tertiary/aromatic N) is 2. The van der Waals surface area contributed by atoms with E-state index in [0.29, 0.717) is 0 Å². The Bertz CT molecular complexity index is 319. The molecular formula is C16H28N2. The lowest BCUT2D eigenvalue weighted by Crippen LogP contribution is -2.59. The number of hydrogen-bond acceptors (Lipinski definition) is 2. The van der Waals surface area contributed by atoms with Crippen molar-refractivity contribution < 1.29 is 0 Å². The Kier molecular flexibility index (Phi) is 2.74. The van der Waals surface area contributed by atoms with E-state index in [9.17, 15) is 0 Å². The summed E-state index contributed by atoms with van der Waals surface area (Å²) in [4.78, 5) is 5.64. The first-order chi connectivity index (χ1) is 8.77. The number of hydrogen-bond donors (Lipinski definition) is 0. The SMILES string of the molecule is CC1CN2CCCCC2CN1CC1(C2CC2)CC1. The van der Waals surface area contributed by atoms with E-state index in [2.05, 4.69) is 16.7 Å². The van der Waals surface area contributed by atoms with Crippen molar-refractivity contribution in [3.63, 3.8) is 0 Å². The Labute approximate surface area is 112 Å². The average Bonchev–Trinajstić information content (AvgIpc) is 3.24. The molecule has 2 unspecified atom stereocenters. The smallest absolute Gasteiger partial charge is 0.0223 e. The zero-order valence-corrected chi connectivity index (χ0v) is 11.9. The highest BCUT2D eigenvalue weighted by molar-refractivity contribution is 5.06. The molecule has 0 N–H and O–H groups in total. The molecule has 2 nitrogen and oxygen atoms in total. The van der Waals surface area contributed by atoms with Crippen molar-refractivity contribution in [1.82, 2.24) is 9.80 Å². The van der Waals surface area contributed by atoms with Gasteiger partial charge >= 0.3 is 0 Å². The summed E-state index contributed by atoms with van der Waals surface area (Å²) in [6.07, 6.45) is 10.5. The van der Waals surface area contributed by atoms with Crippen LogP contribution in [0.15, 0.2) is 0 Å². The van der Waals surface area contributed by atoms with Crippen molar-refractivity contribution in [3.05, 3.63) is 0 Å². The summed E-state index contributed by atoms with van der Waals surface area (Å²) in [6, 6.07) is 1.69. The van der Waals surface area contributed by atoms with Crippen molar-refractivity contribution in [3.8, 4) is 0 Å². The number of fused-ring (bicyclic) bond motifs is 1. The minimum absolute atomic E-state index is 0.797. The summed E-state index contributed by atoms with van der Waals surface area (Å²) < 4.78 is 0. The molecule has 2 heterocycles. The van der Waals surface area contributed by atoms with Crippen LogP contribution in [0.4, 0.5) is 0 Å². The third kappa shape index (κ3) is 2.02. The molecule has 0 spiro atoms. The van der Waals surface area contributed by atoms with Crippen molar-refractivity contribution in [2.75, 3.05) is 26.2 Å². The summed E-state index contributed by atoms with van der Waals surface area (Å²) in [5, 5.41) is 0. The molecule has 0 bridgehead atoms. The van der Waals surface area contributed by atoms with Gasteiger partial charge in [0.25, 0.3) is 0 Å². The zero-order chi connectivity index (χ0) is 12.2. The maximum absolute atomic E-state index is 2.86. The number of piperidine rings is 1. The highest BCUT2D eigenvalue weighted by Crippen LogP contribution is 2.61. The van der Waals surface area contributed by atoms with E-state index in [-0.39, 0.29) is 0 Å². The van der Waals surface area contributed by atoms with Crippen molar-refractivity contribution >= 4 is 0 Å². The largest absolute Gasteiger partial charge is 0.298 e. The van der Waals surface area contributed by atoms with Gasteiger partial charge in [-0.1, -0.05) is 6.42 Å². The minimum atomic E-state index is 0.797. The Hall–Kier alpha value is -0.0800. The molecule has 0 aromatic carbocycles. The summed E-state index contributed by atoms with van der Waals surface area (Å²) in [5.74, 6) is 1.12. The predicted octanol–water partition coefficient (Wildman–Crippen LogP) is 2.74. The van der Waals surface area contributed by atoms with Gasteiger partial charge < -0.3 is 0 Å². The van der Waals surface area contributed by atoms with Crippen LogP contribution in [0, 0.1) is 11.3 Å². The molecule has 2 saturated carbocycles. The normalized spacial score (nSPS) is 40.5. The number of piperazine rings is 1. The molecule has 0 radical (unpaired) electrons. The molecule has 4 rings (SSSR count). The van der Waals surface area contributed by atoms with Gasteiger partial charge in [0.15, 0.2) is 0 Å². The highest BCUT2D eigenvalue weighted by atomic mass is 15.3. The lowest BCUT2D eigenvalue weighted by Gasteiger charge is -2.48. The van der Waals surface area contributed by atoms with Gasteiger partial charge in [-0.05, 0) is 63.3 Å². The highest BCUT2D eigenvalue weighted by Gasteiger charge is 2.55. The van der Waals surface area contributed by atoms with Gasteiger partial charge in [-0.3, -0.25) is 9.80 Å². The van der Waals surface area contributed by atoms with Gasteiger partial charge in [0.05, 0.1) is 0 Å². The molecule has 2 aliphatic carbocycles. The Balaban J connectivity index is 1.41. The maximum atomic E-state index is 2.86. The zero-order valence-electron chi connectivity index (χ0n) is 11.9. The third-order valence-electron chi connectivity index (χ3n) is 6.17. The van der Waals surface area contributed by atoms with Gasteiger partial charge in [0.2, 0.25) is 0 Å². The van der Waals surface area contributed by atoms with E-state index in [1.807, 2.05) is 0 Å². The van der Waals surface area contributed by atoms with Crippen molar-refractivity contribution in [2.45, 2.75) is 64.0 Å². The molecule has 2 heteroatoms. The average molecular weight is 248 g/mol. The fraction of sp³-hybridized carbons (Fsp3) is 1.00.